The highest BCUT2D eigenvalue weighted by Gasteiger charge is 2.14. The van der Waals surface area contributed by atoms with Crippen molar-refractivity contribution in [2.24, 2.45) is 4.99 Å². The Morgan fingerprint density at radius 2 is 2.21 bits per heavy atom. The molecule has 0 saturated heterocycles. The van der Waals surface area contributed by atoms with Gasteiger partial charge in [0.1, 0.15) is 0 Å². The van der Waals surface area contributed by atoms with Gasteiger partial charge in [0.15, 0.2) is 0 Å². The molecule has 0 N–H and O–H groups in total. The van der Waals surface area contributed by atoms with Gasteiger partial charge < -0.3 is 0 Å². The van der Waals surface area contributed by atoms with E-state index in [2.05, 4.69) is 36.9 Å². The molecular formula is C13H13N. The van der Waals surface area contributed by atoms with Crippen LogP contribution in [0.2, 0.25) is 0 Å². The predicted octanol–water partition coefficient (Wildman–Crippen LogP) is 2.72. The smallest absolute Gasteiger partial charge is 0.0646 e. The van der Waals surface area contributed by atoms with Crippen molar-refractivity contribution in [1.29, 1.82) is 0 Å². The van der Waals surface area contributed by atoms with Crippen molar-refractivity contribution in [2.45, 2.75) is 26.3 Å². The SMILES string of the molecule is C#Cc1cc2c(c(C(C)C)c1)C=NC2. The normalized spacial score (nSPS) is 13.0. The van der Waals surface area contributed by atoms with Gasteiger partial charge in [-0.15, -0.1) is 6.42 Å². The van der Waals surface area contributed by atoms with Crippen LogP contribution in [0.25, 0.3) is 0 Å². The number of rotatable bonds is 1. The lowest BCUT2D eigenvalue weighted by Crippen LogP contribution is -1.98. The van der Waals surface area contributed by atoms with Crippen molar-refractivity contribution in [3.8, 4) is 12.3 Å². The molecule has 0 aromatic heterocycles. The van der Waals surface area contributed by atoms with E-state index in [1.807, 2.05) is 6.21 Å². The van der Waals surface area contributed by atoms with E-state index < -0.39 is 0 Å². The maximum atomic E-state index is 5.42. The maximum absolute atomic E-state index is 5.42. The van der Waals surface area contributed by atoms with Crippen LogP contribution < -0.4 is 0 Å². The van der Waals surface area contributed by atoms with Crippen molar-refractivity contribution in [2.75, 3.05) is 0 Å². The molecule has 0 saturated carbocycles. The van der Waals surface area contributed by atoms with E-state index in [9.17, 15) is 0 Å². The number of aliphatic imine (C=N–C) groups is 1. The third kappa shape index (κ3) is 1.33. The zero-order valence-corrected chi connectivity index (χ0v) is 8.54. The molecule has 1 heteroatoms. The Kier molecular flexibility index (Phi) is 2.13. The van der Waals surface area contributed by atoms with Crippen molar-refractivity contribution in [3.05, 3.63) is 34.4 Å². The Bertz CT molecular complexity index is 433. The van der Waals surface area contributed by atoms with Crippen LogP contribution in [0.5, 0.6) is 0 Å². The second-order valence-corrected chi connectivity index (χ2v) is 3.91. The molecule has 0 amide bonds. The molecule has 0 spiro atoms. The third-order valence-electron chi connectivity index (χ3n) is 2.57. The molecule has 1 nitrogen and oxygen atoms in total. The van der Waals surface area contributed by atoms with Crippen LogP contribution in [0.15, 0.2) is 17.1 Å². The molecule has 0 aliphatic carbocycles. The van der Waals surface area contributed by atoms with Gasteiger partial charge in [0, 0.05) is 17.3 Å². The van der Waals surface area contributed by atoms with Gasteiger partial charge in [-0.2, -0.15) is 0 Å². The van der Waals surface area contributed by atoms with Crippen LogP contribution in [0, 0.1) is 12.3 Å². The van der Waals surface area contributed by atoms with Crippen LogP contribution in [0.4, 0.5) is 0 Å². The Morgan fingerprint density at radius 3 is 2.86 bits per heavy atom. The molecule has 1 aromatic carbocycles. The van der Waals surface area contributed by atoms with E-state index in [4.69, 9.17) is 6.42 Å². The number of nitrogens with zero attached hydrogens (tertiary/aromatic N) is 1. The van der Waals surface area contributed by atoms with Gasteiger partial charge >= 0.3 is 0 Å². The highest BCUT2D eigenvalue weighted by molar-refractivity contribution is 5.87. The number of hydrogen-bond donors (Lipinski definition) is 0. The number of terminal acetylenes is 1. The molecule has 0 atom stereocenters. The molecule has 1 aromatic rings. The molecule has 14 heavy (non-hydrogen) atoms. The number of fused-ring (bicyclic) bond motifs is 1. The van der Waals surface area contributed by atoms with Gasteiger partial charge in [0.05, 0.1) is 6.54 Å². The summed E-state index contributed by atoms with van der Waals surface area (Å²) >= 11 is 0. The Balaban J connectivity index is 2.63. The van der Waals surface area contributed by atoms with Gasteiger partial charge in [-0.25, -0.2) is 0 Å². The van der Waals surface area contributed by atoms with E-state index in [0.717, 1.165) is 12.1 Å². The molecule has 0 radical (unpaired) electrons. The zero-order valence-electron chi connectivity index (χ0n) is 8.54. The lowest BCUT2D eigenvalue weighted by molar-refractivity contribution is 0.862. The van der Waals surface area contributed by atoms with Crippen molar-refractivity contribution >= 4 is 6.21 Å². The fourth-order valence-electron chi connectivity index (χ4n) is 1.82. The van der Waals surface area contributed by atoms with Gasteiger partial charge in [0.25, 0.3) is 0 Å². The van der Waals surface area contributed by atoms with Gasteiger partial charge in [-0.05, 0) is 29.2 Å². The van der Waals surface area contributed by atoms with E-state index in [1.165, 1.54) is 16.7 Å². The maximum Gasteiger partial charge on any atom is 0.0646 e. The molecular weight excluding hydrogens is 170 g/mol. The number of benzene rings is 1. The minimum Gasteiger partial charge on any atom is -0.288 e. The standard InChI is InChI=1S/C13H13N/c1-4-10-5-11-7-14-8-13(11)12(6-10)9(2)3/h1,5-6,8-9H,7H2,2-3H3. The average molecular weight is 183 g/mol. The Hall–Kier alpha value is -1.55. The zero-order chi connectivity index (χ0) is 10.1. The van der Waals surface area contributed by atoms with Gasteiger partial charge in [-0.1, -0.05) is 19.8 Å². The molecule has 1 aliphatic rings. The monoisotopic (exact) mass is 183 g/mol. The average Bonchev–Trinajstić information content (AvgIpc) is 2.63. The fourth-order valence-corrected chi connectivity index (χ4v) is 1.82. The highest BCUT2D eigenvalue weighted by Crippen LogP contribution is 2.26. The molecule has 0 fully saturated rings. The second kappa shape index (κ2) is 3.31. The lowest BCUT2D eigenvalue weighted by Gasteiger charge is -2.11. The van der Waals surface area contributed by atoms with E-state index in [0.29, 0.717) is 5.92 Å². The molecule has 0 bridgehead atoms. The van der Waals surface area contributed by atoms with Gasteiger partial charge in [0.2, 0.25) is 0 Å². The molecule has 70 valence electrons. The van der Waals surface area contributed by atoms with Gasteiger partial charge in [-0.3, -0.25) is 4.99 Å². The largest absolute Gasteiger partial charge is 0.288 e. The first kappa shape index (κ1) is 9.02. The van der Waals surface area contributed by atoms with Crippen LogP contribution >= 0.6 is 0 Å². The van der Waals surface area contributed by atoms with Crippen molar-refractivity contribution in [3.63, 3.8) is 0 Å². The third-order valence-corrected chi connectivity index (χ3v) is 2.57. The summed E-state index contributed by atoms with van der Waals surface area (Å²) in [5.41, 5.74) is 4.83. The molecule has 0 unspecified atom stereocenters. The minimum atomic E-state index is 0.501. The first-order valence-corrected chi connectivity index (χ1v) is 4.85. The first-order chi connectivity index (χ1) is 6.72. The quantitative estimate of drug-likeness (QED) is 0.594. The molecule has 1 heterocycles. The number of hydrogen-bond acceptors (Lipinski definition) is 1. The summed E-state index contributed by atoms with van der Waals surface area (Å²) in [6.07, 6.45) is 7.39. The summed E-state index contributed by atoms with van der Waals surface area (Å²) in [4.78, 5) is 4.28. The minimum absolute atomic E-state index is 0.501. The molecule has 2 rings (SSSR count). The summed E-state index contributed by atoms with van der Waals surface area (Å²) in [5, 5.41) is 0. The van der Waals surface area contributed by atoms with E-state index >= 15 is 0 Å². The Morgan fingerprint density at radius 1 is 1.43 bits per heavy atom. The van der Waals surface area contributed by atoms with E-state index in [1.54, 1.807) is 0 Å². The summed E-state index contributed by atoms with van der Waals surface area (Å²) in [6, 6.07) is 4.16. The van der Waals surface area contributed by atoms with E-state index in [-0.39, 0.29) is 0 Å². The van der Waals surface area contributed by atoms with Crippen molar-refractivity contribution < 1.29 is 0 Å². The predicted molar refractivity (Wildman–Crippen MR) is 59.8 cm³/mol. The van der Waals surface area contributed by atoms with Crippen molar-refractivity contribution in [1.82, 2.24) is 0 Å². The first-order valence-electron chi connectivity index (χ1n) is 4.85. The summed E-state index contributed by atoms with van der Waals surface area (Å²) in [7, 11) is 0. The van der Waals surface area contributed by atoms with Crippen LogP contribution in [0.3, 0.4) is 0 Å². The fraction of sp³-hybridized carbons (Fsp3) is 0.308. The summed E-state index contributed by atoms with van der Waals surface area (Å²) in [5.74, 6) is 3.20. The van der Waals surface area contributed by atoms with Crippen LogP contribution in [-0.2, 0) is 6.54 Å². The van der Waals surface area contributed by atoms with Crippen LogP contribution in [0.1, 0.15) is 42.0 Å². The summed E-state index contributed by atoms with van der Waals surface area (Å²) in [6.45, 7) is 5.15. The second-order valence-electron chi connectivity index (χ2n) is 3.91. The molecule has 1 aliphatic heterocycles. The van der Waals surface area contributed by atoms with Crippen LogP contribution in [-0.4, -0.2) is 6.21 Å². The lowest BCUT2D eigenvalue weighted by atomic mass is 9.92. The highest BCUT2D eigenvalue weighted by atomic mass is 14.7. The Labute approximate surface area is 84.9 Å². The summed E-state index contributed by atoms with van der Waals surface area (Å²) < 4.78 is 0. The topological polar surface area (TPSA) is 12.4 Å².